The van der Waals surface area contributed by atoms with Crippen molar-refractivity contribution >= 4 is 23.3 Å². The zero-order chi connectivity index (χ0) is 24.0. The van der Waals surface area contributed by atoms with Gasteiger partial charge in [-0.25, -0.2) is 4.68 Å². The molecule has 0 spiro atoms. The monoisotopic (exact) mass is 480 g/mol. The predicted octanol–water partition coefficient (Wildman–Crippen LogP) is 5.22. The van der Waals surface area contributed by atoms with Crippen LogP contribution in [0.2, 0.25) is 5.02 Å². The number of hydrogen-bond acceptors (Lipinski definition) is 4. The lowest BCUT2D eigenvalue weighted by Gasteiger charge is -2.36. The van der Waals surface area contributed by atoms with Crippen LogP contribution in [0.15, 0.2) is 97.0 Å². The first-order valence-electron chi connectivity index (χ1n) is 11.5. The highest BCUT2D eigenvalue weighted by molar-refractivity contribution is 6.30. The largest absolute Gasteiger partial charge is 0.321 e. The molecule has 35 heavy (non-hydrogen) atoms. The van der Waals surface area contributed by atoms with Crippen molar-refractivity contribution in [1.82, 2.24) is 19.7 Å². The van der Waals surface area contributed by atoms with Crippen LogP contribution in [0.25, 0.3) is 5.69 Å². The molecule has 0 aliphatic carbocycles. The van der Waals surface area contributed by atoms with Crippen molar-refractivity contribution in [3.63, 3.8) is 0 Å². The number of halogens is 1. The van der Waals surface area contributed by atoms with Gasteiger partial charge in [-0.15, -0.1) is 0 Å². The van der Waals surface area contributed by atoms with Gasteiger partial charge in [0.1, 0.15) is 11.2 Å². The van der Waals surface area contributed by atoms with Crippen molar-refractivity contribution in [2.45, 2.75) is 18.4 Å². The maximum Gasteiger partial charge on any atom is 0.255 e. The van der Waals surface area contributed by atoms with E-state index in [1.165, 1.54) is 0 Å². The highest BCUT2D eigenvalue weighted by atomic mass is 35.5. The molecule has 2 aromatic heterocycles. The number of para-hydroxylation sites is 1. The fraction of sp³-hybridized carbons (Fsp3) is 0.143. The third-order valence-electron chi connectivity index (χ3n) is 6.80. The Labute approximate surface area is 207 Å². The number of ketones is 1. The predicted molar refractivity (Wildman–Crippen MR) is 133 cm³/mol. The first-order valence-corrected chi connectivity index (χ1v) is 11.9. The summed E-state index contributed by atoms with van der Waals surface area (Å²) in [5, 5.41) is 5.01. The Morgan fingerprint density at radius 1 is 0.971 bits per heavy atom. The number of allylic oxidation sites excluding steroid dienone is 1. The van der Waals surface area contributed by atoms with Crippen LogP contribution in [0, 0.1) is 0 Å². The van der Waals surface area contributed by atoms with E-state index in [0.717, 1.165) is 16.8 Å². The molecule has 0 bridgehead atoms. The van der Waals surface area contributed by atoms with Crippen molar-refractivity contribution in [3.05, 3.63) is 124 Å². The van der Waals surface area contributed by atoms with E-state index >= 15 is 0 Å². The van der Waals surface area contributed by atoms with Gasteiger partial charge in [-0.1, -0.05) is 41.9 Å². The Balaban J connectivity index is 1.55. The number of amides is 1. The second-order valence-corrected chi connectivity index (χ2v) is 9.15. The van der Waals surface area contributed by atoms with Crippen LogP contribution in [-0.2, 0) is 5.54 Å². The van der Waals surface area contributed by atoms with Gasteiger partial charge in [0, 0.05) is 40.7 Å². The van der Waals surface area contributed by atoms with Crippen LogP contribution >= 0.6 is 11.6 Å². The van der Waals surface area contributed by atoms with E-state index < -0.39 is 5.54 Å². The summed E-state index contributed by atoms with van der Waals surface area (Å²) >= 11 is 6.20. The van der Waals surface area contributed by atoms with Crippen LogP contribution in [0.5, 0.6) is 0 Å². The molecule has 6 nitrogen and oxygen atoms in total. The third-order valence-corrected chi connectivity index (χ3v) is 7.05. The number of aromatic nitrogens is 3. The van der Waals surface area contributed by atoms with Gasteiger partial charge in [0.2, 0.25) is 5.78 Å². The molecule has 7 heteroatoms. The SMILES string of the molecule is O=C(C1=CC2(c3ccc(Cl)cc3)c3cnccc3C(=O)N2CCC1)c1ccnn1-c1ccccc1. The molecule has 2 aliphatic heterocycles. The van der Waals surface area contributed by atoms with Crippen LogP contribution in [0.4, 0.5) is 0 Å². The zero-order valence-electron chi connectivity index (χ0n) is 18.8. The minimum Gasteiger partial charge on any atom is -0.321 e. The van der Waals surface area contributed by atoms with E-state index in [2.05, 4.69) is 10.1 Å². The summed E-state index contributed by atoms with van der Waals surface area (Å²) in [6.45, 7) is 0.515. The Hall–Kier alpha value is -4.03. The molecule has 0 N–H and O–H groups in total. The van der Waals surface area contributed by atoms with E-state index in [0.29, 0.717) is 41.2 Å². The number of Topliss-reactive ketones (excluding diaryl/α,β-unsaturated/α-hetero) is 1. The quantitative estimate of drug-likeness (QED) is 0.375. The van der Waals surface area contributed by atoms with Crippen molar-refractivity contribution < 1.29 is 9.59 Å². The first kappa shape index (κ1) is 21.5. The summed E-state index contributed by atoms with van der Waals surface area (Å²) in [6, 6.07) is 20.5. The van der Waals surface area contributed by atoms with Crippen molar-refractivity contribution in [3.8, 4) is 5.69 Å². The van der Waals surface area contributed by atoms with E-state index in [-0.39, 0.29) is 11.7 Å². The Kier molecular flexibility index (Phi) is 5.11. The maximum atomic E-state index is 13.9. The van der Waals surface area contributed by atoms with E-state index in [1.807, 2.05) is 65.6 Å². The molecule has 0 saturated heterocycles. The lowest BCUT2D eigenvalue weighted by molar-refractivity contribution is 0.0689. The molecule has 172 valence electrons. The van der Waals surface area contributed by atoms with Gasteiger partial charge in [-0.3, -0.25) is 14.6 Å². The molecule has 2 aliphatic rings. The van der Waals surface area contributed by atoms with Gasteiger partial charge in [0.25, 0.3) is 5.91 Å². The standard InChI is InChI=1S/C28H21ClN4O2/c29-21-10-8-20(9-11-21)28-17-19(5-4-16-32(28)27(35)23-12-14-30-18-24(23)28)26(34)25-13-15-31-33(25)22-6-2-1-3-7-22/h1-3,6-15,17-18H,4-5,16H2. The number of pyridine rings is 1. The van der Waals surface area contributed by atoms with Crippen LogP contribution in [0.1, 0.15) is 44.8 Å². The molecule has 1 atom stereocenters. The lowest BCUT2D eigenvalue weighted by atomic mass is 9.81. The van der Waals surface area contributed by atoms with Crippen molar-refractivity contribution in [2.75, 3.05) is 6.54 Å². The van der Waals surface area contributed by atoms with E-state index in [4.69, 9.17) is 11.6 Å². The summed E-state index contributed by atoms with van der Waals surface area (Å²) in [4.78, 5) is 33.7. The summed E-state index contributed by atoms with van der Waals surface area (Å²) in [5.74, 6) is -0.164. The molecule has 4 heterocycles. The number of carbonyl (C=O) groups is 2. The normalized spacial score (nSPS) is 19.1. The minimum atomic E-state index is -0.940. The minimum absolute atomic E-state index is 0.0587. The molecular weight excluding hydrogens is 460 g/mol. The highest BCUT2D eigenvalue weighted by Crippen LogP contribution is 2.47. The zero-order valence-corrected chi connectivity index (χ0v) is 19.5. The van der Waals surface area contributed by atoms with Crippen LogP contribution in [-0.4, -0.2) is 37.9 Å². The number of hydrogen-bond donors (Lipinski definition) is 0. The fourth-order valence-electron chi connectivity index (χ4n) is 5.21. The molecule has 6 rings (SSSR count). The third kappa shape index (κ3) is 3.33. The van der Waals surface area contributed by atoms with Crippen molar-refractivity contribution in [1.29, 1.82) is 0 Å². The number of carbonyl (C=O) groups excluding carboxylic acids is 2. The van der Waals surface area contributed by atoms with E-state index in [1.54, 1.807) is 35.4 Å². The second-order valence-electron chi connectivity index (χ2n) is 8.72. The molecule has 1 amide bonds. The van der Waals surface area contributed by atoms with Gasteiger partial charge in [-0.2, -0.15) is 5.10 Å². The molecular formula is C28H21ClN4O2. The number of benzene rings is 2. The topological polar surface area (TPSA) is 68.1 Å². The number of rotatable bonds is 4. The van der Waals surface area contributed by atoms with Gasteiger partial charge in [-0.05, 0) is 60.9 Å². The van der Waals surface area contributed by atoms with Gasteiger partial charge < -0.3 is 4.90 Å². The van der Waals surface area contributed by atoms with E-state index in [9.17, 15) is 9.59 Å². The molecule has 0 radical (unpaired) electrons. The molecule has 2 aromatic carbocycles. The highest BCUT2D eigenvalue weighted by Gasteiger charge is 2.51. The second kappa shape index (κ2) is 8.32. The Morgan fingerprint density at radius 3 is 2.57 bits per heavy atom. The summed E-state index contributed by atoms with van der Waals surface area (Å²) in [6.07, 6.45) is 8.18. The summed E-state index contributed by atoms with van der Waals surface area (Å²) in [5.41, 5.74) is 3.25. The average molecular weight is 481 g/mol. The maximum absolute atomic E-state index is 13.9. The van der Waals surface area contributed by atoms with Crippen LogP contribution in [0.3, 0.4) is 0 Å². The fourth-order valence-corrected chi connectivity index (χ4v) is 5.34. The van der Waals surface area contributed by atoms with Gasteiger partial charge in [0.15, 0.2) is 0 Å². The van der Waals surface area contributed by atoms with Gasteiger partial charge >= 0.3 is 0 Å². The summed E-state index contributed by atoms with van der Waals surface area (Å²) < 4.78 is 1.66. The van der Waals surface area contributed by atoms with Crippen molar-refractivity contribution in [2.24, 2.45) is 0 Å². The van der Waals surface area contributed by atoms with Crippen LogP contribution < -0.4 is 0 Å². The smallest absolute Gasteiger partial charge is 0.255 e. The molecule has 4 aromatic rings. The lowest BCUT2D eigenvalue weighted by Crippen LogP contribution is -2.43. The number of fused-ring (bicyclic) bond motifs is 3. The Morgan fingerprint density at radius 2 is 1.77 bits per heavy atom. The average Bonchev–Trinajstić information content (AvgIpc) is 3.40. The van der Waals surface area contributed by atoms with Gasteiger partial charge in [0.05, 0.1) is 11.9 Å². The molecule has 0 fully saturated rings. The first-order chi connectivity index (χ1) is 17.1. The number of nitrogens with zero attached hydrogens (tertiary/aromatic N) is 4. The summed E-state index contributed by atoms with van der Waals surface area (Å²) in [7, 11) is 0. The molecule has 1 unspecified atom stereocenters. The Bertz CT molecular complexity index is 1480. The molecule has 0 saturated carbocycles.